The van der Waals surface area contributed by atoms with E-state index in [9.17, 15) is 0 Å². The molecule has 0 saturated carbocycles. The molecule has 0 radical (unpaired) electrons. The molecule has 4 nitrogen and oxygen atoms in total. The number of anilines is 1. The highest BCUT2D eigenvalue weighted by Crippen LogP contribution is 2.27. The third-order valence-corrected chi connectivity index (χ3v) is 4.11. The van der Waals surface area contributed by atoms with Gasteiger partial charge in [-0.3, -0.25) is 0 Å². The van der Waals surface area contributed by atoms with Gasteiger partial charge in [-0.25, -0.2) is 4.98 Å². The number of nitrogens with one attached hydrogen (secondary N) is 1. The Bertz CT molecular complexity index is 489. The summed E-state index contributed by atoms with van der Waals surface area (Å²) in [6.07, 6.45) is 0. The average molecular weight is 287 g/mol. The maximum atomic E-state index is 5.82. The molecule has 17 heavy (non-hydrogen) atoms. The van der Waals surface area contributed by atoms with Crippen LogP contribution in [0, 0.1) is 0 Å². The lowest BCUT2D eigenvalue weighted by molar-refractivity contribution is 1.00. The molecule has 0 saturated heterocycles. The van der Waals surface area contributed by atoms with E-state index in [1.807, 2.05) is 19.1 Å². The molecule has 2 heterocycles. The quantitative estimate of drug-likeness (QED) is 0.675. The normalized spacial score (nSPS) is 10.5. The summed E-state index contributed by atoms with van der Waals surface area (Å²) in [6.45, 7) is 2.89. The third-order valence-electron chi connectivity index (χ3n) is 1.85. The summed E-state index contributed by atoms with van der Waals surface area (Å²) in [6, 6.07) is 5.62. The Kier molecular flexibility index (Phi) is 4.58. The number of hydrogen-bond acceptors (Lipinski definition) is 6. The van der Waals surface area contributed by atoms with Crippen LogP contribution in [-0.2, 0) is 5.75 Å². The highest BCUT2D eigenvalue weighted by molar-refractivity contribution is 8.00. The summed E-state index contributed by atoms with van der Waals surface area (Å²) in [5, 5.41) is 12.6. The lowest BCUT2D eigenvalue weighted by Crippen LogP contribution is -1.94. The van der Waals surface area contributed by atoms with Gasteiger partial charge >= 0.3 is 0 Å². The molecule has 90 valence electrons. The molecular weight excluding hydrogens is 276 g/mol. The maximum Gasteiger partial charge on any atom is 0.206 e. The topological polar surface area (TPSA) is 50.7 Å². The molecule has 0 aromatic carbocycles. The van der Waals surface area contributed by atoms with Crippen LogP contribution in [0.1, 0.15) is 12.6 Å². The molecule has 0 fully saturated rings. The Balaban J connectivity index is 1.93. The van der Waals surface area contributed by atoms with E-state index in [1.165, 1.54) is 0 Å². The minimum atomic E-state index is 0.522. The van der Waals surface area contributed by atoms with Gasteiger partial charge < -0.3 is 5.32 Å². The number of pyridine rings is 1. The lowest BCUT2D eigenvalue weighted by Gasteiger charge is -1.97. The van der Waals surface area contributed by atoms with Crippen molar-refractivity contribution in [1.29, 1.82) is 0 Å². The zero-order valence-electron chi connectivity index (χ0n) is 9.18. The number of halogens is 1. The third kappa shape index (κ3) is 3.83. The van der Waals surface area contributed by atoms with Gasteiger partial charge in [-0.1, -0.05) is 40.8 Å². The first-order chi connectivity index (χ1) is 8.28. The molecule has 2 aromatic heterocycles. The number of thioether (sulfide) groups is 1. The van der Waals surface area contributed by atoms with E-state index >= 15 is 0 Å². The fourth-order valence-electron chi connectivity index (χ4n) is 1.16. The monoisotopic (exact) mass is 286 g/mol. The van der Waals surface area contributed by atoms with E-state index in [0.29, 0.717) is 5.15 Å². The fourth-order valence-corrected chi connectivity index (χ4v) is 3.06. The van der Waals surface area contributed by atoms with Crippen LogP contribution in [-0.4, -0.2) is 21.7 Å². The predicted molar refractivity (Wildman–Crippen MR) is 72.9 cm³/mol. The molecule has 0 amide bonds. The van der Waals surface area contributed by atoms with Crippen molar-refractivity contribution in [1.82, 2.24) is 15.2 Å². The number of aromatic nitrogens is 3. The zero-order chi connectivity index (χ0) is 12.1. The Hall–Kier alpha value is -0.850. The maximum absolute atomic E-state index is 5.82. The minimum absolute atomic E-state index is 0.522. The lowest BCUT2D eigenvalue weighted by atomic mass is 10.4. The van der Waals surface area contributed by atoms with E-state index in [2.05, 4.69) is 20.5 Å². The number of nitrogens with zero attached hydrogens (tertiary/aromatic N) is 3. The molecule has 2 aromatic rings. The van der Waals surface area contributed by atoms with Gasteiger partial charge in [-0.05, 0) is 19.1 Å². The van der Waals surface area contributed by atoms with Gasteiger partial charge in [0.1, 0.15) is 5.15 Å². The molecule has 0 atom stereocenters. The van der Waals surface area contributed by atoms with Gasteiger partial charge in [0.2, 0.25) is 5.13 Å². The molecule has 0 aliphatic rings. The van der Waals surface area contributed by atoms with E-state index < -0.39 is 0 Å². The SMILES string of the molecule is CCNc1nnc(SCc2cccc(Cl)n2)s1. The van der Waals surface area contributed by atoms with Crippen molar-refractivity contribution < 1.29 is 0 Å². The zero-order valence-corrected chi connectivity index (χ0v) is 11.6. The molecule has 1 N–H and O–H groups in total. The second kappa shape index (κ2) is 6.18. The molecule has 2 rings (SSSR count). The van der Waals surface area contributed by atoms with Crippen LogP contribution in [0.25, 0.3) is 0 Å². The van der Waals surface area contributed by atoms with Crippen molar-refractivity contribution in [2.24, 2.45) is 0 Å². The van der Waals surface area contributed by atoms with Crippen LogP contribution in [0.4, 0.5) is 5.13 Å². The van der Waals surface area contributed by atoms with Gasteiger partial charge in [0.15, 0.2) is 4.34 Å². The first-order valence-corrected chi connectivity index (χ1v) is 7.27. The standard InChI is InChI=1S/C10H11ClN4S2/c1-2-12-9-14-15-10(17-9)16-6-7-4-3-5-8(11)13-7/h3-5H,2,6H2,1H3,(H,12,14). The van der Waals surface area contributed by atoms with Crippen LogP contribution < -0.4 is 5.32 Å². The largest absolute Gasteiger partial charge is 0.360 e. The summed E-state index contributed by atoms with van der Waals surface area (Å²) >= 11 is 8.98. The van der Waals surface area contributed by atoms with Crippen molar-refractivity contribution in [2.45, 2.75) is 17.0 Å². The summed E-state index contributed by atoms with van der Waals surface area (Å²) in [5.74, 6) is 0.751. The average Bonchev–Trinajstić information content (AvgIpc) is 2.75. The summed E-state index contributed by atoms with van der Waals surface area (Å²) in [4.78, 5) is 4.22. The van der Waals surface area contributed by atoms with Crippen molar-refractivity contribution in [2.75, 3.05) is 11.9 Å². The Morgan fingerprint density at radius 1 is 1.41 bits per heavy atom. The van der Waals surface area contributed by atoms with Crippen molar-refractivity contribution >= 4 is 39.8 Å². The molecule has 0 bridgehead atoms. The van der Waals surface area contributed by atoms with Gasteiger partial charge in [0.25, 0.3) is 0 Å². The van der Waals surface area contributed by atoms with Crippen LogP contribution >= 0.6 is 34.7 Å². The molecule has 0 unspecified atom stereocenters. The van der Waals surface area contributed by atoms with Crippen LogP contribution in [0.15, 0.2) is 22.5 Å². The van der Waals surface area contributed by atoms with Gasteiger partial charge in [0, 0.05) is 12.3 Å². The van der Waals surface area contributed by atoms with E-state index in [0.717, 1.165) is 27.5 Å². The van der Waals surface area contributed by atoms with Gasteiger partial charge in [-0.15, -0.1) is 10.2 Å². The first-order valence-electron chi connectivity index (χ1n) is 5.09. The molecule has 7 heteroatoms. The van der Waals surface area contributed by atoms with Crippen LogP contribution in [0.3, 0.4) is 0 Å². The summed E-state index contributed by atoms with van der Waals surface area (Å²) < 4.78 is 0.933. The fraction of sp³-hybridized carbons (Fsp3) is 0.300. The van der Waals surface area contributed by atoms with Crippen molar-refractivity contribution in [3.63, 3.8) is 0 Å². The smallest absolute Gasteiger partial charge is 0.206 e. The molecule has 0 spiro atoms. The summed E-state index contributed by atoms with van der Waals surface area (Å²) in [7, 11) is 0. The Morgan fingerprint density at radius 2 is 2.29 bits per heavy atom. The van der Waals surface area contributed by atoms with Crippen LogP contribution in [0.2, 0.25) is 5.15 Å². The van der Waals surface area contributed by atoms with Crippen LogP contribution in [0.5, 0.6) is 0 Å². The minimum Gasteiger partial charge on any atom is -0.360 e. The second-order valence-electron chi connectivity index (χ2n) is 3.14. The van der Waals surface area contributed by atoms with Crippen molar-refractivity contribution in [3.8, 4) is 0 Å². The Morgan fingerprint density at radius 3 is 3.06 bits per heavy atom. The molecule has 0 aliphatic heterocycles. The number of rotatable bonds is 5. The molecule has 0 aliphatic carbocycles. The highest BCUT2D eigenvalue weighted by atomic mass is 35.5. The highest BCUT2D eigenvalue weighted by Gasteiger charge is 2.04. The Labute approximate surface area is 113 Å². The summed E-state index contributed by atoms with van der Waals surface area (Å²) in [5.41, 5.74) is 0.947. The second-order valence-corrected chi connectivity index (χ2v) is 5.73. The molecular formula is C10H11ClN4S2. The van der Waals surface area contributed by atoms with E-state index in [-0.39, 0.29) is 0 Å². The predicted octanol–water partition coefficient (Wildman–Crippen LogP) is 3.31. The van der Waals surface area contributed by atoms with Gasteiger partial charge in [0.05, 0.1) is 5.69 Å². The van der Waals surface area contributed by atoms with Gasteiger partial charge in [-0.2, -0.15) is 0 Å². The first kappa shape index (κ1) is 12.6. The van der Waals surface area contributed by atoms with Crippen molar-refractivity contribution in [3.05, 3.63) is 29.0 Å². The number of hydrogen-bond donors (Lipinski definition) is 1. The van der Waals surface area contributed by atoms with E-state index in [1.54, 1.807) is 29.2 Å². The van der Waals surface area contributed by atoms with E-state index in [4.69, 9.17) is 11.6 Å².